The van der Waals surface area contributed by atoms with Gasteiger partial charge in [0.1, 0.15) is 11.3 Å². The summed E-state index contributed by atoms with van der Waals surface area (Å²) in [6, 6.07) is 3.09. The van der Waals surface area contributed by atoms with E-state index >= 15 is 0 Å². The second-order valence-electron chi connectivity index (χ2n) is 3.92. The number of hydrogen-bond donors (Lipinski definition) is 0. The van der Waals surface area contributed by atoms with Crippen LogP contribution in [0.1, 0.15) is 23.0 Å². The number of carbonyl (C=O) groups is 1. The minimum atomic E-state index is -3.12. The zero-order valence-corrected chi connectivity index (χ0v) is 11.5. The highest BCUT2D eigenvalue weighted by molar-refractivity contribution is 6.34. The Labute approximate surface area is 118 Å². The Morgan fingerprint density at radius 3 is 2.70 bits per heavy atom. The van der Waals surface area contributed by atoms with E-state index in [4.69, 9.17) is 16.0 Å². The lowest BCUT2D eigenvalue weighted by Crippen LogP contribution is -2.10. The lowest BCUT2D eigenvalue weighted by Gasteiger charge is -2.11. The van der Waals surface area contributed by atoms with Gasteiger partial charge in [-0.1, -0.05) is 18.5 Å². The Morgan fingerprint density at radius 2 is 2.15 bits per heavy atom. The number of halogens is 3. The third-order valence-corrected chi connectivity index (χ3v) is 2.99. The van der Waals surface area contributed by atoms with E-state index in [-0.39, 0.29) is 16.2 Å². The van der Waals surface area contributed by atoms with Crippen molar-refractivity contribution >= 4 is 28.5 Å². The summed E-state index contributed by atoms with van der Waals surface area (Å²) in [7, 11) is 1.13. The standard InChI is InChI=1S/C13H11ClF2O4/c1-3-7-4-6-5-8(14)11(20-13(15)16)9(10(6)19-7)12(17)18-2/h4-5,13H,3H2,1-2H3. The maximum Gasteiger partial charge on any atom is 0.387 e. The van der Waals surface area contributed by atoms with Gasteiger partial charge in [-0.15, -0.1) is 0 Å². The summed E-state index contributed by atoms with van der Waals surface area (Å²) >= 11 is 5.90. The molecule has 0 radical (unpaired) electrons. The lowest BCUT2D eigenvalue weighted by molar-refractivity contribution is -0.0502. The number of ether oxygens (including phenoxy) is 2. The first-order valence-electron chi connectivity index (χ1n) is 5.76. The minimum absolute atomic E-state index is 0.110. The average molecular weight is 305 g/mol. The molecule has 0 bridgehead atoms. The third-order valence-electron chi connectivity index (χ3n) is 2.71. The van der Waals surface area contributed by atoms with Gasteiger partial charge in [-0.05, 0) is 12.1 Å². The van der Waals surface area contributed by atoms with E-state index < -0.39 is 18.3 Å². The summed E-state index contributed by atoms with van der Waals surface area (Å²) in [5.41, 5.74) is -0.122. The number of rotatable bonds is 4. The number of aryl methyl sites for hydroxylation is 1. The molecule has 0 aliphatic carbocycles. The predicted octanol–water partition coefficient (Wildman–Crippen LogP) is 4.04. The summed E-state index contributed by atoms with van der Waals surface area (Å²) < 4.78 is 39.3. The maximum absolute atomic E-state index is 12.5. The van der Waals surface area contributed by atoms with Crippen molar-refractivity contribution in [3.05, 3.63) is 28.5 Å². The zero-order valence-electron chi connectivity index (χ0n) is 10.7. The molecule has 0 N–H and O–H groups in total. The highest BCUT2D eigenvalue weighted by Crippen LogP contribution is 2.38. The van der Waals surface area contributed by atoms with Gasteiger partial charge >= 0.3 is 12.6 Å². The molecule has 108 valence electrons. The van der Waals surface area contributed by atoms with Crippen LogP contribution in [-0.4, -0.2) is 19.7 Å². The normalized spacial score (nSPS) is 11.1. The molecule has 0 aliphatic heterocycles. The molecule has 0 amide bonds. The number of fused-ring (bicyclic) bond motifs is 1. The van der Waals surface area contributed by atoms with Crippen molar-refractivity contribution in [2.45, 2.75) is 20.0 Å². The molecule has 0 fully saturated rings. The van der Waals surface area contributed by atoms with Crippen LogP contribution in [0.25, 0.3) is 11.0 Å². The predicted molar refractivity (Wildman–Crippen MR) is 68.6 cm³/mol. The van der Waals surface area contributed by atoms with Crippen LogP contribution in [0.4, 0.5) is 8.78 Å². The molecule has 1 heterocycles. The number of methoxy groups -OCH3 is 1. The molecule has 0 unspecified atom stereocenters. The molecule has 7 heteroatoms. The maximum atomic E-state index is 12.5. The Hall–Kier alpha value is -1.82. The molecule has 0 aliphatic rings. The molecular formula is C13H11ClF2O4. The smallest absolute Gasteiger partial charge is 0.387 e. The number of alkyl halides is 2. The van der Waals surface area contributed by atoms with E-state index in [0.717, 1.165) is 7.11 Å². The minimum Gasteiger partial charge on any atom is -0.465 e. The van der Waals surface area contributed by atoms with Gasteiger partial charge < -0.3 is 13.9 Å². The fraction of sp³-hybridized carbons (Fsp3) is 0.308. The van der Waals surface area contributed by atoms with Gasteiger partial charge in [0.25, 0.3) is 0 Å². The van der Waals surface area contributed by atoms with E-state index in [1.54, 1.807) is 6.07 Å². The second kappa shape index (κ2) is 5.66. The number of benzene rings is 1. The number of furan rings is 1. The van der Waals surface area contributed by atoms with E-state index in [1.165, 1.54) is 6.07 Å². The highest BCUT2D eigenvalue weighted by Gasteiger charge is 2.26. The fourth-order valence-corrected chi connectivity index (χ4v) is 2.11. The molecule has 20 heavy (non-hydrogen) atoms. The van der Waals surface area contributed by atoms with Crippen molar-refractivity contribution in [2.24, 2.45) is 0 Å². The number of esters is 1. The van der Waals surface area contributed by atoms with Crippen molar-refractivity contribution in [3.63, 3.8) is 0 Å². The summed E-state index contributed by atoms with van der Waals surface area (Å²) in [5, 5.41) is 0.413. The first kappa shape index (κ1) is 14.6. The largest absolute Gasteiger partial charge is 0.465 e. The van der Waals surface area contributed by atoms with E-state index in [9.17, 15) is 13.6 Å². The van der Waals surface area contributed by atoms with Crippen LogP contribution in [0.3, 0.4) is 0 Å². The molecule has 0 atom stereocenters. The molecule has 4 nitrogen and oxygen atoms in total. The van der Waals surface area contributed by atoms with Crippen LogP contribution >= 0.6 is 11.6 Å². The van der Waals surface area contributed by atoms with E-state index in [1.807, 2.05) is 6.92 Å². The van der Waals surface area contributed by atoms with Crippen molar-refractivity contribution in [3.8, 4) is 5.75 Å². The van der Waals surface area contributed by atoms with Crippen LogP contribution in [0, 0.1) is 0 Å². The second-order valence-corrected chi connectivity index (χ2v) is 4.32. The van der Waals surface area contributed by atoms with Crippen LogP contribution in [0.2, 0.25) is 5.02 Å². The monoisotopic (exact) mass is 304 g/mol. The van der Waals surface area contributed by atoms with Crippen molar-refractivity contribution in [1.82, 2.24) is 0 Å². The van der Waals surface area contributed by atoms with E-state index in [2.05, 4.69) is 9.47 Å². The SMILES string of the molecule is CCc1cc2cc(Cl)c(OC(F)F)c(C(=O)OC)c2o1. The molecule has 2 rings (SSSR count). The first-order chi connectivity index (χ1) is 9.47. The zero-order chi connectivity index (χ0) is 14.9. The summed E-state index contributed by atoms with van der Waals surface area (Å²) in [5.74, 6) is -0.710. The molecule has 1 aromatic heterocycles. The van der Waals surface area contributed by atoms with Gasteiger partial charge in [0.15, 0.2) is 11.3 Å². The van der Waals surface area contributed by atoms with Gasteiger partial charge in [-0.25, -0.2) is 4.79 Å². The number of hydrogen-bond acceptors (Lipinski definition) is 4. The van der Waals surface area contributed by atoms with Crippen LogP contribution in [0.5, 0.6) is 5.75 Å². The fourth-order valence-electron chi connectivity index (χ4n) is 1.85. The van der Waals surface area contributed by atoms with Gasteiger partial charge in [0.2, 0.25) is 0 Å². The molecule has 1 aromatic carbocycles. The van der Waals surface area contributed by atoms with Crippen LogP contribution in [-0.2, 0) is 11.2 Å². The quantitative estimate of drug-likeness (QED) is 0.800. The summed E-state index contributed by atoms with van der Waals surface area (Å²) in [6.45, 7) is -1.26. The van der Waals surface area contributed by atoms with E-state index in [0.29, 0.717) is 17.6 Å². The third kappa shape index (κ3) is 2.56. The topological polar surface area (TPSA) is 48.7 Å². The molecular weight excluding hydrogens is 294 g/mol. The van der Waals surface area contributed by atoms with Crippen LogP contribution in [0.15, 0.2) is 16.5 Å². The molecule has 0 saturated heterocycles. The Bertz CT molecular complexity index is 651. The Balaban J connectivity index is 2.75. The van der Waals surface area contributed by atoms with Crippen molar-refractivity contribution in [2.75, 3.05) is 7.11 Å². The molecule has 0 spiro atoms. The Kier molecular flexibility index (Phi) is 4.13. The lowest BCUT2D eigenvalue weighted by atomic mass is 10.1. The van der Waals surface area contributed by atoms with Gasteiger partial charge in [0.05, 0.1) is 12.1 Å². The first-order valence-corrected chi connectivity index (χ1v) is 6.13. The number of carbonyl (C=O) groups excluding carboxylic acids is 1. The van der Waals surface area contributed by atoms with Crippen molar-refractivity contribution in [1.29, 1.82) is 0 Å². The van der Waals surface area contributed by atoms with Gasteiger partial charge in [-0.3, -0.25) is 0 Å². The summed E-state index contributed by atoms with van der Waals surface area (Å²) in [4.78, 5) is 11.8. The molecule has 0 saturated carbocycles. The van der Waals surface area contributed by atoms with Gasteiger partial charge in [-0.2, -0.15) is 8.78 Å². The highest BCUT2D eigenvalue weighted by atomic mass is 35.5. The van der Waals surface area contributed by atoms with Crippen molar-refractivity contribution < 1.29 is 27.5 Å². The van der Waals surface area contributed by atoms with Crippen LogP contribution < -0.4 is 4.74 Å². The Morgan fingerprint density at radius 1 is 1.45 bits per heavy atom. The summed E-state index contributed by atoms with van der Waals surface area (Å²) in [6.07, 6.45) is 0.581. The van der Waals surface area contributed by atoms with Gasteiger partial charge in [0, 0.05) is 11.8 Å². The molecule has 2 aromatic rings. The average Bonchev–Trinajstić information content (AvgIpc) is 2.80.